The zero-order valence-electron chi connectivity index (χ0n) is 10.2. The van der Waals surface area contributed by atoms with Crippen LogP contribution in [-0.4, -0.2) is 74.4 Å². The molecule has 0 amide bonds. The Morgan fingerprint density at radius 1 is 1.20 bits per heavy atom. The van der Waals surface area contributed by atoms with Crippen LogP contribution in [0.15, 0.2) is 0 Å². The standard InChI is InChI=1S/C11H25N3O/c1-13(2)6-7-14(3)5-4-10-8-11(15)9-12-10/h10-12,15H,4-9H2,1-3H3. The fourth-order valence-electron chi connectivity index (χ4n) is 1.88. The van der Waals surface area contributed by atoms with Gasteiger partial charge in [0.05, 0.1) is 6.10 Å². The third-order valence-electron chi connectivity index (χ3n) is 2.99. The van der Waals surface area contributed by atoms with Gasteiger partial charge in [-0.15, -0.1) is 0 Å². The molecule has 0 bridgehead atoms. The number of aliphatic hydroxyl groups excluding tert-OH is 1. The second-order valence-corrected chi connectivity index (χ2v) is 4.89. The van der Waals surface area contributed by atoms with Crippen molar-refractivity contribution in [2.24, 2.45) is 0 Å². The SMILES string of the molecule is CN(C)CCN(C)CCC1CC(O)CN1. The molecular weight excluding hydrogens is 190 g/mol. The first kappa shape index (κ1) is 12.9. The number of β-amino-alcohol motifs (C(OH)–C–C–N with tert-alkyl or cyclic N) is 1. The Hall–Kier alpha value is -0.160. The van der Waals surface area contributed by atoms with Gasteiger partial charge in [-0.05, 0) is 40.5 Å². The molecule has 1 aliphatic heterocycles. The number of rotatable bonds is 6. The minimum Gasteiger partial charge on any atom is -0.392 e. The molecule has 1 aliphatic rings. The minimum absolute atomic E-state index is 0.123. The first-order valence-corrected chi connectivity index (χ1v) is 5.82. The van der Waals surface area contributed by atoms with Gasteiger partial charge in [-0.2, -0.15) is 0 Å². The third-order valence-corrected chi connectivity index (χ3v) is 2.99. The number of hydrogen-bond donors (Lipinski definition) is 2. The van der Waals surface area contributed by atoms with Crippen molar-refractivity contribution in [2.45, 2.75) is 25.0 Å². The van der Waals surface area contributed by atoms with Crippen molar-refractivity contribution >= 4 is 0 Å². The van der Waals surface area contributed by atoms with Gasteiger partial charge in [0.1, 0.15) is 0 Å². The molecule has 4 heteroatoms. The molecular formula is C11H25N3O. The first-order chi connectivity index (χ1) is 7.08. The van der Waals surface area contributed by atoms with Crippen LogP contribution in [0.5, 0.6) is 0 Å². The normalized spacial score (nSPS) is 26.8. The highest BCUT2D eigenvalue weighted by Gasteiger charge is 2.21. The smallest absolute Gasteiger partial charge is 0.0679 e. The summed E-state index contributed by atoms with van der Waals surface area (Å²) >= 11 is 0. The number of aliphatic hydroxyl groups is 1. The van der Waals surface area contributed by atoms with Crippen molar-refractivity contribution in [3.05, 3.63) is 0 Å². The molecule has 0 aromatic carbocycles. The predicted molar refractivity (Wildman–Crippen MR) is 63.1 cm³/mol. The second-order valence-electron chi connectivity index (χ2n) is 4.89. The fourth-order valence-corrected chi connectivity index (χ4v) is 1.88. The molecule has 2 unspecified atom stereocenters. The van der Waals surface area contributed by atoms with Crippen molar-refractivity contribution in [3.63, 3.8) is 0 Å². The molecule has 0 radical (unpaired) electrons. The summed E-state index contributed by atoms with van der Waals surface area (Å²) in [7, 11) is 6.36. The zero-order chi connectivity index (χ0) is 11.3. The van der Waals surface area contributed by atoms with E-state index in [1.807, 2.05) is 0 Å². The van der Waals surface area contributed by atoms with Crippen LogP contribution in [0, 0.1) is 0 Å². The molecule has 1 saturated heterocycles. The highest BCUT2D eigenvalue weighted by molar-refractivity contribution is 4.81. The maximum Gasteiger partial charge on any atom is 0.0679 e. The highest BCUT2D eigenvalue weighted by Crippen LogP contribution is 2.09. The van der Waals surface area contributed by atoms with Gasteiger partial charge in [0.15, 0.2) is 0 Å². The summed E-state index contributed by atoms with van der Waals surface area (Å²) in [6.45, 7) is 4.10. The average molecular weight is 215 g/mol. The van der Waals surface area contributed by atoms with E-state index < -0.39 is 0 Å². The monoisotopic (exact) mass is 215 g/mol. The third kappa shape index (κ3) is 5.47. The van der Waals surface area contributed by atoms with E-state index in [4.69, 9.17) is 0 Å². The lowest BCUT2D eigenvalue weighted by Gasteiger charge is -2.20. The van der Waals surface area contributed by atoms with E-state index in [2.05, 4.69) is 36.3 Å². The van der Waals surface area contributed by atoms with Crippen LogP contribution < -0.4 is 5.32 Å². The maximum atomic E-state index is 9.36. The van der Waals surface area contributed by atoms with Gasteiger partial charge < -0.3 is 20.2 Å². The second kappa shape index (κ2) is 6.43. The molecule has 0 aromatic rings. The van der Waals surface area contributed by atoms with Crippen LogP contribution in [0.2, 0.25) is 0 Å². The summed E-state index contributed by atoms with van der Waals surface area (Å²) in [4.78, 5) is 4.56. The van der Waals surface area contributed by atoms with Crippen molar-refractivity contribution in [2.75, 3.05) is 47.3 Å². The van der Waals surface area contributed by atoms with Gasteiger partial charge in [0.2, 0.25) is 0 Å². The van der Waals surface area contributed by atoms with Gasteiger partial charge in [0.25, 0.3) is 0 Å². The molecule has 4 nitrogen and oxygen atoms in total. The van der Waals surface area contributed by atoms with Crippen LogP contribution in [0.3, 0.4) is 0 Å². The quantitative estimate of drug-likeness (QED) is 0.632. The molecule has 1 rings (SSSR count). The Bertz CT molecular complexity index is 175. The van der Waals surface area contributed by atoms with E-state index in [9.17, 15) is 5.11 Å². The number of likely N-dealkylation sites (N-methyl/N-ethyl adjacent to an activating group) is 2. The molecule has 0 aliphatic carbocycles. The zero-order valence-corrected chi connectivity index (χ0v) is 10.2. The van der Waals surface area contributed by atoms with Gasteiger partial charge in [-0.1, -0.05) is 0 Å². The lowest BCUT2D eigenvalue weighted by Crippen LogP contribution is -2.32. The Kier molecular flexibility index (Phi) is 5.53. The van der Waals surface area contributed by atoms with Gasteiger partial charge in [-0.3, -0.25) is 0 Å². The van der Waals surface area contributed by atoms with Crippen LogP contribution >= 0.6 is 0 Å². The Labute approximate surface area is 93.2 Å². The Morgan fingerprint density at radius 3 is 2.47 bits per heavy atom. The summed E-state index contributed by atoms with van der Waals surface area (Å²) in [5, 5.41) is 12.7. The van der Waals surface area contributed by atoms with Crippen LogP contribution in [-0.2, 0) is 0 Å². The van der Waals surface area contributed by atoms with E-state index in [0.717, 1.165) is 39.0 Å². The summed E-state index contributed by atoms with van der Waals surface area (Å²) in [5.74, 6) is 0. The van der Waals surface area contributed by atoms with E-state index in [1.165, 1.54) is 0 Å². The average Bonchev–Trinajstić information content (AvgIpc) is 2.58. The number of nitrogens with one attached hydrogen (secondary N) is 1. The van der Waals surface area contributed by atoms with Crippen LogP contribution in [0.4, 0.5) is 0 Å². The van der Waals surface area contributed by atoms with E-state index >= 15 is 0 Å². The van der Waals surface area contributed by atoms with Gasteiger partial charge >= 0.3 is 0 Å². The molecule has 15 heavy (non-hydrogen) atoms. The molecule has 1 heterocycles. The molecule has 1 fully saturated rings. The molecule has 0 saturated carbocycles. The largest absolute Gasteiger partial charge is 0.392 e. The van der Waals surface area contributed by atoms with Crippen molar-refractivity contribution in [1.82, 2.24) is 15.1 Å². The van der Waals surface area contributed by atoms with Gasteiger partial charge in [-0.25, -0.2) is 0 Å². The van der Waals surface area contributed by atoms with E-state index in [1.54, 1.807) is 0 Å². The first-order valence-electron chi connectivity index (χ1n) is 5.82. The van der Waals surface area contributed by atoms with Crippen molar-refractivity contribution < 1.29 is 5.11 Å². The minimum atomic E-state index is -0.123. The summed E-state index contributed by atoms with van der Waals surface area (Å²) < 4.78 is 0. The maximum absolute atomic E-state index is 9.36. The molecule has 90 valence electrons. The number of hydrogen-bond acceptors (Lipinski definition) is 4. The molecule has 0 aromatic heterocycles. The fraction of sp³-hybridized carbons (Fsp3) is 1.00. The Morgan fingerprint density at radius 2 is 1.93 bits per heavy atom. The van der Waals surface area contributed by atoms with Crippen molar-refractivity contribution in [3.8, 4) is 0 Å². The topological polar surface area (TPSA) is 38.7 Å². The lowest BCUT2D eigenvalue weighted by molar-refractivity contribution is 0.191. The predicted octanol–water partition coefficient (Wildman–Crippen LogP) is -0.407. The highest BCUT2D eigenvalue weighted by atomic mass is 16.3. The Balaban J connectivity index is 2.03. The van der Waals surface area contributed by atoms with Crippen molar-refractivity contribution in [1.29, 1.82) is 0 Å². The lowest BCUT2D eigenvalue weighted by atomic mass is 10.1. The van der Waals surface area contributed by atoms with Crippen LogP contribution in [0.25, 0.3) is 0 Å². The van der Waals surface area contributed by atoms with E-state index in [-0.39, 0.29) is 6.10 Å². The summed E-state index contributed by atoms with van der Waals surface area (Å²) in [5.41, 5.74) is 0. The van der Waals surface area contributed by atoms with Gasteiger partial charge in [0, 0.05) is 25.7 Å². The summed E-state index contributed by atoms with van der Waals surface area (Å²) in [6.07, 6.45) is 1.93. The molecule has 0 spiro atoms. The summed E-state index contributed by atoms with van der Waals surface area (Å²) in [6, 6.07) is 0.516. The van der Waals surface area contributed by atoms with E-state index in [0.29, 0.717) is 6.04 Å². The number of nitrogens with zero attached hydrogens (tertiary/aromatic N) is 2. The molecule has 2 N–H and O–H groups in total. The van der Waals surface area contributed by atoms with Crippen LogP contribution in [0.1, 0.15) is 12.8 Å². The molecule has 2 atom stereocenters.